The lowest BCUT2D eigenvalue weighted by atomic mass is 9.79. The lowest BCUT2D eigenvalue weighted by molar-refractivity contribution is -0.130. The minimum atomic E-state index is -0.220. The van der Waals surface area contributed by atoms with Crippen LogP contribution in [0.1, 0.15) is 36.1 Å². The average molecular weight is 378 g/mol. The van der Waals surface area contributed by atoms with Gasteiger partial charge in [-0.25, -0.2) is 0 Å². The van der Waals surface area contributed by atoms with Crippen LogP contribution in [-0.2, 0) is 11.8 Å². The molecule has 1 aliphatic rings. The highest BCUT2D eigenvalue weighted by atomic mass is 35.5. The number of halogens is 1. The Morgan fingerprint density at radius 3 is 2.80 bits per heavy atom. The molecule has 0 radical (unpaired) electrons. The summed E-state index contributed by atoms with van der Waals surface area (Å²) in [5.41, 5.74) is 2.19. The van der Waals surface area contributed by atoms with Crippen LogP contribution in [0.2, 0.25) is 5.02 Å². The molecule has 2 aromatic rings. The van der Waals surface area contributed by atoms with Crippen molar-refractivity contribution in [3.8, 4) is 0 Å². The number of likely N-dealkylation sites (tertiary alicyclic amines) is 1. The van der Waals surface area contributed by atoms with Crippen LogP contribution in [0, 0.1) is 5.41 Å². The molecular formula is C19H24ClN3OS. The summed E-state index contributed by atoms with van der Waals surface area (Å²) >= 11 is 7.68. The first-order valence-electron chi connectivity index (χ1n) is 8.37. The van der Waals surface area contributed by atoms with E-state index in [0.29, 0.717) is 10.9 Å². The van der Waals surface area contributed by atoms with Gasteiger partial charge in [-0.2, -0.15) is 5.10 Å². The Morgan fingerprint density at radius 2 is 2.20 bits per heavy atom. The zero-order chi connectivity index (χ0) is 18.2. The molecule has 134 valence electrons. The summed E-state index contributed by atoms with van der Waals surface area (Å²) in [5, 5.41) is 4.75. The van der Waals surface area contributed by atoms with Crippen molar-refractivity contribution in [2.75, 3.05) is 19.3 Å². The Bertz CT molecular complexity index is 774. The minimum absolute atomic E-state index is 0.0238. The SMILES string of the molecule is CSC(C(=O)N1CC(c2cnn(C)c2)C(C)(C)C1)c1cccc(Cl)c1. The third-order valence-electron chi connectivity index (χ3n) is 4.99. The largest absolute Gasteiger partial charge is 0.340 e. The Kier molecular flexibility index (Phi) is 5.16. The fraction of sp³-hybridized carbons (Fsp3) is 0.474. The van der Waals surface area contributed by atoms with Gasteiger partial charge in [-0.15, -0.1) is 11.8 Å². The predicted molar refractivity (Wildman–Crippen MR) is 104 cm³/mol. The van der Waals surface area contributed by atoms with Crippen LogP contribution < -0.4 is 0 Å². The molecule has 1 amide bonds. The standard InChI is InChI=1S/C19H24ClN3OS/c1-19(2)12-23(11-16(19)14-9-21-22(3)10-14)18(24)17(25-4)13-6-5-7-15(20)8-13/h5-10,16-17H,11-12H2,1-4H3. The van der Waals surface area contributed by atoms with Crippen LogP contribution in [0.5, 0.6) is 0 Å². The molecule has 0 saturated carbocycles. The lowest BCUT2D eigenvalue weighted by Crippen LogP contribution is -2.33. The van der Waals surface area contributed by atoms with Crippen molar-refractivity contribution >= 4 is 29.3 Å². The maximum atomic E-state index is 13.2. The first kappa shape index (κ1) is 18.3. The summed E-state index contributed by atoms with van der Waals surface area (Å²) in [6.07, 6.45) is 5.95. The van der Waals surface area contributed by atoms with Crippen molar-refractivity contribution in [3.63, 3.8) is 0 Å². The van der Waals surface area contributed by atoms with E-state index in [1.54, 1.807) is 11.8 Å². The third kappa shape index (κ3) is 3.72. The molecule has 25 heavy (non-hydrogen) atoms. The second kappa shape index (κ2) is 7.04. The van der Waals surface area contributed by atoms with E-state index in [2.05, 4.69) is 25.1 Å². The summed E-state index contributed by atoms with van der Waals surface area (Å²) in [6, 6.07) is 7.61. The number of aryl methyl sites for hydroxylation is 1. The molecule has 0 bridgehead atoms. The van der Waals surface area contributed by atoms with Gasteiger partial charge in [-0.3, -0.25) is 9.48 Å². The van der Waals surface area contributed by atoms with E-state index in [0.717, 1.165) is 18.7 Å². The van der Waals surface area contributed by atoms with E-state index in [1.165, 1.54) is 5.56 Å². The van der Waals surface area contributed by atoms with Gasteiger partial charge < -0.3 is 4.90 Å². The van der Waals surface area contributed by atoms with Crippen molar-refractivity contribution in [1.29, 1.82) is 0 Å². The molecule has 1 aliphatic heterocycles. The molecule has 1 aromatic heterocycles. The molecule has 1 saturated heterocycles. The summed E-state index contributed by atoms with van der Waals surface area (Å²) in [7, 11) is 1.93. The first-order chi connectivity index (χ1) is 11.8. The molecule has 1 fully saturated rings. The summed E-state index contributed by atoms with van der Waals surface area (Å²) in [5.74, 6) is 0.459. The number of amides is 1. The number of carbonyl (C=O) groups is 1. The van der Waals surface area contributed by atoms with Gasteiger partial charge >= 0.3 is 0 Å². The normalized spacial score (nSPS) is 20.7. The zero-order valence-electron chi connectivity index (χ0n) is 15.1. The topological polar surface area (TPSA) is 38.1 Å². The Hall–Kier alpha value is -1.46. The predicted octanol–water partition coefficient (Wildman–Crippen LogP) is 4.13. The maximum absolute atomic E-state index is 13.2. The molecule has 2 atom stereocenters. The zero-order valence-corrected chi connectivity index (χ0v) is 16.6. The molecule has 2 heterocycles. The number of hydrogen-bond acceptors (Lipinski definition) is 3. The van der Waals surface area contributed by atoms with Crippen molar-refractivity contribution < 1.29 is 4.79 Å². The van der Waals surface area contributed by atoms with Gasteiger partial charge in [0.25, 0.3) is 0 Å². The summed E-state index contributed by atoms with van der Waals surface area (Å²) in [6.45, 7) is 5.94. The number of nitrogens with zero attached hydrogens (tertiary/aromatic N) is 3. The summed E-state index contributed by atoms with van der Waals surface area (Å²) < 4.78 is 1.83. The molecule has 4 nitrogen and oxygen atoms in total. The van der Waals surface area contributed by atoms with Gasteiger partial charge in [0.1, 0.15) is 5.25 Å². The Morgan fingerprint density at radius 1 is 1.44 bits per heavy atom. The van der Waals surface area contributed by atoms with Crippen LogP contribution in [0.4, 0.5) is 0 Å². The van der Waals surface area contributed by atoms with Gasteiger partial charge in [0.2, 0.25) is 5.91 Å². The number of benzene rings is 1. The van der Waals surface area contributed by atoms with E-state index in [1.807, 2.05) is 53.3 Å². The van der Waals surface area contributed by atoms with Crippen LogP contribution in [0.25, 0.3) is 0 Å². The number of carbonyl (C=O) groups excluding carboxylic acids is 1. The van der Waals surface area contributed by atoms with E-state index in [-0.39, 0.29) is 16.6 Å². The van der Waals surface area contributed by atoms with E-state index in [9.17, 15) is 4.79 Å². The highest BCUT2D eigenvalue weighted by Crippen LogP contribution is 2.44. The smallest absolute Gasteiger partial charge is 0.240 e. The van der Waals surface area contributed by atoms with Gasteiger partial charge in [-0.1, -0.05) is 37.6 Å². The fourth-order valence-corrected chi connectivity index (χ4v) is 4.66. The second-order valence-electron chi connectivity index (χ2n) is 7.38. The monoisotopic (exact) mass is 377 g/mol. The van der Waals surface area contributed by atoms with Crippen LogP contribution in [0.15, 0.2) is 36.7 Å². The molecule has 2 unspecified atom stereocenters. The quantitative estimate of drug-likeness (QED) is 0.804. The van der Waals surface area contributed by atoms with E-state index in [4.69, 9.17) is 11.6 Å². The number of aromatic nitrogens is 2. The highest BCUT2D eigenvalue weighted by molar-refractivity contribution is 7.99. The molecule has 0 spiro atoms. The molecular weight excluding hydrogens is 354 g/mol. The van der Waals surface area contributed by atoms with Gasteiger partial charge in [0.15, 0.2) is 0 Å². The van der Waals surface area contributed by atoms with Crippen molar-refractivity contribution in [2.45, 2.75) is 25.0 Å². The van der Waals surface area contributed by atoms with Gasteiger partial charge in [0, 0.05) is 37.3 Å². The molecule has 6 heteroatoms. The average Bonchev–Trinajstić information content (AvgIpc) is 3.10. The van der Waals surface area contributed by atoms with Crippen molar-refractivity contribution in [1.82, 2.24) is 14.7 Å². The first-order valence-corrected chi connectivity index (χ1v) is 10.0. The van der Waals surface area contributed by atoms with Crippen LogP contribution in [0.3, 0.4) is 0 Å². The van der Waals surface area contributed by atoms with Gasteiger partial charge in [-0.05, 0) is 34.9 Å². The van der Waals surface area contributed by atoms with Crippen LogP contribution >= 0.6 is 23.4 Å². The molecule has 1 aromatic carbocycles. The van der Waals surface area contributed by atoms with Crippen molar-refractivity contribution in [3.05, 3.63) is 52.8 Å². The number of thioether (sulfide) groups is 1. The Labute approximate surface area is 158 Å². The highest BCUT2D eigenvalue weighted by Gasteiger charge is 2.43. The van der Waals surface area contributed by atoms with Gasteiger partial charge in [0.05, 0.1) is 6.20 Å². The van der Waals surface area contributed by atoms with Crippen molar-refractivity contribution in [2.24, 2.45) is 12.5 Å². The molecule has 0 aliphatic carbocycles. The van der Waals surface area contributed by atoms with Crippen LogP contribution in [-0.4, -0.2) is 39.9 Å². The van der Waals surface area contributed by atoms with E-state index < -0.39 is 0 Å². The third-order valence-corrected chi connectivity index (χ3v) is 6.18. The maximum Gasteiger partial charge on any atom is 0.240 e. The fourth-order valence-electron chi connectivity index (χ4n) is 3.69. The lowest BCUT2D eigenvalue weighted by Gasteiger charge is -2.25. The number of hydrogen-bond donors (Lipinski definition) is 0. The minimum Gasteiger partial charge on any atom is -0.340 e. The second-order valence-corrected chi connectivity index (χ2v) is 8.76. The summed E-state index contributed by atoms with van der Waals surface area (Å²) in [4.78, 5) is 15.2. The number of rotatable bonds is 4. The molecule has 0 N–H and O–H groups in total. The van der Waals surface area contributed by atoms with E-state index >= 15 is 0 Å². The Balaban J connectivity index is 1.82. The molecule has 3 rings (SSSR count).